The standard InChI is InChI=1S/C65H80N6O10/c1-10-64(78)54-31-56-59-44(35-71(56)60(75)52(54)37-79-61(64)76)30-49-51(36-67(7)8)57(24-23-55(49)66-59)80-62(77)70-34-38(2)69(33-39(70)3)28-14-12-11-13-27-68(9)45-18-15-42(16-19-45)50-32-63(6)53(25-26-65(63,40(4)72)81-41(5)73)48-21-17-43-29-46(74)20-22-47(43)58(48)50/h15-16,18-19,23-24,29-31,38-39,48,50,53,78H,10-14,17,20-22,25-28,32-37H2,1-9H3/t38-,39+,48-,50?,53-,63-,64-,65-/m0/s1. The van der Waals surface area contributed by atoms with Crippen LogP contribution in [0.1, 0.15) is 152 Å². The summed E-state index contributed by atoms with van der Waals surface area (Å²) in [4.78, 5) is 93.3. The Balaban J connectivity index is 0.693. The molecule has 1 unspecified atom stereocenters. The number of aromatic nitrogens is 2. The van der Waals surface area contributed by atoms with E-state index in [1.807, 2.05) is 42.1 Å². The molecule has 11 rings (SSSR count). The number of amides is 1. The van der Waals surface area contributed by atoms with Gasteiger partial charge in [0.25, 0.3) is 5.56 Å². The lowest BCUT2D eigenvalue weighted by Crippen LogP contribution is -2.58. The van der Waals surface area contributed by atoms with Crippen LogP contribution in [0.5, 0.6) is 5.75 Å². The van der Waals surface area contributed by atoms with Crippen LogP contribution in [0.25, 0.3) is 22.3 Å². The first-order valence-corrected chi connectivity index (χ1v) is 29.6. The molecule has 81 heavy (non-hydrogen) atoms. The van der Waals surface area contributed by atoms with Crippen molar-refractivity contribution in [2.24, 2.45) is 17.3 Å². The lowest BCUT2D eigenvalue weighted by molar-refractivity contribution is -0.182. The molecule has 430 valence electrons. The van der Waals surface area contributed by atoms with Gasteiger partial charge in [0, 0.05) is 97.8 Å². The third kappa shape index (κ3) is 9.73. The van der Waals surface area contributed by atoms with Gasteiger partial charge in [-0.3, -0.25) is 24.1 Å². The van der Waals surface area contributed by atoms with Crippen molar-refractivity contribution in [1.29, 1.82) is 0 Å². The van der Waals surface area contributed by atoms with Crippen LogP contribution in [0.2, 0.25) is 0 Å². The van der Waals surface area contributed by atoms with E-state index in [0.29, 0.717) is 55.0 Å². The van der Waals surface area contributed by atoms with Gasteiger partial charge in [-0.25, -0.2) is 14.6 Å². The molecule has 2 aromatic heterocycles. The topological polar surface area (TPSA) is 181 Å². The zero-order valence-electron chi connectivity index (χ0n) is 48.8. The maximum absolute atomic E-state index is 14.1. The number of hydrogen-bond acceptors (Lipinski definition) is 14. The fourth-order valence-electron chi connectivity index (χ4n) is 15.7. The Bertz CT molecular complexity index is 3360. The van der Waals surface area contributed by atoms with E-state index in [1.54, 1.807) is 30.5 Å². The van der Waals surface area contributed by atoms with E-state index in [9.17, 15) is 33.9 Å². The largest absolute Gasteiger partial charge is 0.458 e. The van der Waals surface area contributed by atoms with Crippen LogP contribution >= 0.6 is 0 Å². The molecule has 0 radical (unpaired) electrons. The minimum Gasteiger partial charge on any atom is -0.458 e. The molecule has 16 nitrogen and oxygen atoms in total. The highest BCUT2D eigenvalue weighted by molar-refractivity contribution is 5.93. The van der Waals surface area contributed by atoms with Crippen molar-refractivity contribution < 1.29 is 43.3 Å². The number of anilines is 1. The number of ketones is 2. The Hall–Kier alpha value is -6.49. The summed E-state index contributed by atoms with van der Waals surface area (Å²) in [6, 6.07) is 16.4. The van der Waals surface area contributed by atoms with Crippen LogP contribution in [0.3, 0.4) is 0 Å². The minimum absolute atomic E-state index is 0.0539. The summed E-state index contributed by atoms with van der Waals surface area (Å²) in [7, 11) is 6.08. The summed E-state index contributed by atoms with van der Waals surface area (Å²) < 4.78 is 19.3. The number of Topliss-reactive ketones (excluding diaryl/α,β-unsaturated/α-hetero) is 1. The van der Waals surface area contributed by atoms with Crippen molar-refractivity contribution in [3.8, 4) is 17.1 Å². The molecule has 5 heterocycles. The number of carbonyl (C=O) groups is 5. The predicted molar refractivity (Wildman–Crippen MR) is 309 cm³/mol. The fourth-order valence-corrected chi connectivity index (χ4v) is 15.7. The van der Waals surface area contributed by atoms with E-state index in [-0.39, 0.29) is 77.7 Å². The highest BCUT2D eigenvalue weighted by Crippen LogP contribution is 2.68. The molecule has 2 saturated carbocycles. The van der Waals surface area contributed by atoms with Gasteiger partial charge in [0.05, 0.1) is 29.0 Å². The molecule has 2 aromatic carbocycles. The van der Waals surface area contributed by atoms with Gasteiger partial charge in [-0.15, -0.1) is 0 Å². The maximum Gasteiger partial charge on any atom is 0.415 e. The number of piperazine rings is 1. The molecular weight excluding hydrogens is 1020 g/mol. The number of pyridine rings is 2. The number of hydrogen-bond donors (Lipinski definition) is 1. The van der Waals surface area contributed by atoms with Crippen molar-refractivity contribution in [1.82, 2.24) is 24.3 Å². The summed E-state index contributed by atoms with van der Waals surface area (Å²) in [5.74, 6) is -0.0102. The SMILES string of the molecule is CC[C@@]1(O)C(=O)OCc2c1cc1n(c2=O)Cc2cc3c(CN(C)C)c(OC(=O)N4C[C@H](C)N(CCCCCCN(C)c5ccc(C6C[C@@]7(C)[C@@H](CC[C@]7(OC(C)=O)C(C)=O)[C@@H]7CCC8=CC(=O)CCC8=C67)cc5)C[C@H]4C)ccc3nc2-1. The molecule has 0 bridgehead atoms. The van der Waals surface area contributed by atoms with Gasteiger partial charge in [-0.05, 0) is 170 Å². The van der Waals surface area contributed by atoms with Gasteiger partial charge >= 0.3 is 18.0 Å². The van der Waals surface area contributed by atoms with E-state index in [0.717, 1.165) is 93.2 Å². The molecule has 3 aliphatic heterocycles. The third-order valence-electron chi connectivity index (χ3n) is 19.9. The summed E-state index contributed by atoms with van der Waals surface area (Å²) >= 11 is 0. The normalized spacial score (nSPS) is 27.7. The molecule has 4 aliphatic carbocycles. The zero-order chi connectivity index (χ0) is 57.4. The van der Waals surface area contributed by atoms with Crippen LogP contribution in [-0.2, 0) is 53.9 Å². The van der Waals surface area contributed by atoms with Gasteiger partial charge < -0.3 is 38.6 Å². The zero-order valence-corrected chi connectivity index (χ0v) is 48.8. The smallest absolute Gasteiger partial charge is 0.415 e. The van der Waals surface area contributed by atoms with Crippen LogP contribution < -0.4 is 15.2 Å². The van der Waals surface area contributed by atoms with Crippen molar-refractivity contribution in [3.05, 3.63) is 109 Å². The van der Waals surface area contributed by atoms with Gasteiger partial charge in [0.2, 0.25) is 0 Å². The Morgan fingerprint density at radius 1 is 0.914 bits per heavy atom. The second-order valence-electron chi connectivity index (χ2n) is 25.1. The van der Waals surface area contributed by atoms with Crippen LogP contribution in [0.4, 0.5) is 10.5 Å². The van der Waals surface area contributed by atoms with E-state index < -0.39 is 34.6 Å². The quantitative estimate of drug-likeness (QED) is 0.0773. The second kappa shape index (κ2) is 21.7. The summed E-state index contributed by atoms with van der Waals surface area (Å²) in [6.45, 7) is 14.9. The summed E-state index contributed by atoms with van der Waals surface area (Å²) in [6.07, 6.45) is 11.1. The molecule has 1 amide bonds. The second-order valence-corrected chi connectivity index (χ2v) is 25.1. The van der Waals surface area contributed by atoms with Crippen molar-refractivity contribution >= 4 is 46.2 Å². The predicted octanol–water partition coefficient (Wildman–Crippen LogP) is 9.52. The molecule has 7 aliphatic rings. The van der Waals surface area contributed by atoms with Gasteiger partial charge in [-0.1, -0.05) is 44.4 Å². The highest BCUT2D eigenvalue weighted by atomic mass is 16.6. The van der Waals surface area contributed by atoms with Crippen molar-refractivity contribution in [3.63, 3.8) is 0 Å². The maximum atomic E-state index is 14.1. The number of fused-ring (bicyclic) bond motifs is 9. The molecule has 0 spiro atoms. The summed E-state index contributed by atoms with van der Waals surface area (Å²) in [5, 5.41) is 12.2. The Morgan fingerprint density at radius 3 is 2.41 bits per heavy atom. The van der Waals surface area contributed by atoms with E-state index in [4.69, 9.17) is 19.2 Å². The average molecular weight is 1110 g/mol. The molecule has 8 atom stereocenters. The molecular formula is C65H80N6O10. The first-order valence-electron chi connectivity index (χ1n) is 29.6. The first-order chi connectivity index (χ1) is 38.7. The number of cyclic esters (lactones) is 1. The van der Waals surface area contributed by atoms with Crippen LogP contribution in [-0.4, -0.2) is 124 Å². The molecule has 1 N–H and O–H groups in total. The molecule has 4 aromatic rings. The number of carbonyl (C=O) groups excluding carboxylic acids is 5. The number of benzene rings is 2. The summed E-state index contributed by atoms with van der Waals surface area (Å²) in [5.41, 5.74) is 6.48. The molecule has 1 saturated heterocycles. The number of esters is 2. The van der Waals surface area contributed by atoms with E-state index in [1.165, 1.54) is 29.2 Å². The molecule has 3 fully saturated rings. The van der Waals surface area contributed by atoms with E-state index in [2.05, 4.69) is 61.9 Å². The average Bonchev–Trinajstić information content (AvgIpc) is 3.99. The minimum atomic E-state index is -1.91. The van der Waals surface area contributed by atoms with Crippen molar-refractivity contribution in [2.75, 3.05) is 52.2 Å². The highest BCUT2D eigenvalue weighted by Gasteiger charge is 2.67. The number of aliphatic hydroxyl groups is 1. The van der Waals surface area contributed by atoms with Crippen LogP contribution in [0, 0.1) is 17.3 Å². The number of nitrogens with zero attached hydrogens (tertiary/aromatic N) is 6. The lowest BCUT2D eigenvalue weighted by Gasteiger charge is -2.55. The Labute approximate surface area is 475 Å². The van der Waals surface area contributed by atoms with Crippen molar-refractivity contribution in [2.45, 2.75) is 167 Å². The van der Waals surface area contributed by atoms with Crippen LogP contribution in [0.15, 0.2) is 76.1 Å². The van der Waals surface area contributed by atoms with Gasteiger partial charge in [-0.2, -0.15) is 0 Å². The number of allylic oxidation sites excluding steroid dienone is 4. The molecule has 16 heteroatoms. The first kappa shape index (κ1) is 56.4. The Morgan fingerprint density at radius 2 is 1.68 bits per heavy atom. The van der Waals surface area contributed by atoms with Gasteiger partial charge in [0.1, 0.15) is 12.4 Å². The number of rotatable bonds is 15. The fraction of sp³-hybridized carbons (Fsp3) is 0.554. The number of ether oxygens (including phenoxy) is 3. The third-order valence-corrected chi connectivity index (χ3v) is 19.9. The number of unbranched alkanes of at least 4 members (excludes halogenated alkanes) is 3. The van der Waals surface area contributed by atoms with E-state index >= 15 is 0 Å². The lowest BCUT2D eigenvalue weighted by atomic mass is 9.50. The van der Waals surface area contributed by atoms with Gasteiger partial charge in [0.15, 0.2) is 22.8 Å². The Kier molecular flexibility index (Phi) is 15.1. The monoisotopic (exact) mass is 1100 g/mol.